The van der Waals surface area contributed by atoms with Crippen molar-refractivity contribution in [1.82, 2.24) is 0 Å². The molecule has 0 N–H and O–H groups in total. The van der Waals surface area contributed by atoms with Crippen molar-refractivity contribution >= 4 is 8.25 Å². The van der Waals surface area contributed by atoms with Crippen LogP contribution in [-0.4, -0.2) is 12.7 Å². The van der Waals surface area contributed by atoms with Crippen molar-refractivity contribution in [2.75, 3.05) is 6.61 Å². The Morgan fingerprint density at radius 3 is 3.00 bits per heavy atom. The van der Waals surface area contributed by atoms with Gasteiger partial charge >= 0.3 is 8.25 Å². The van der Waals surface area contributed by atoms with Gasteiger partial charge in [0.2, 0.25) is 0 Å². The molecule has 1 fully saturated rings. The topological polar surface area (TPSA) is 35.5 Å². The molecule has 4 heteroatoms. The molecule has 0 aliphatic carbocycles. The van der Waals surface area contributed by atoms with Crippen molar-refractivity contribution in [1.29, 1.82) is 0 Å². The van der Waals surface area contributed by atoms with E-state index in [1.807, 2.05) is 0 Å². The van der Waals surface area contributed by atoms with E-state index >= 15 is 0 Å². The van der Waals surface area contributed by atoms with E-state index in [2.05, 4.69) is 6.92 Å². The molecule has 0 aromatic carbocycles. The van der Waals surface area contributed by atoms with Crippen molar-refractivity contribution in [2.45, 2.75) is 32.3 Å². The van der Waals surface area contributed by atoms with E-state index in [-0.39, 0.29) is 6.10 Å². The van der Waals surface area contributed by atoms with E-state index in [0.717, 1.165) is 19.3 Å². The molecular weight excluding hydrogens is 151 g/mol. The molecule has 1 aliphatic rings. The lowest BCUT2D eigenvalue weighted by molar-refractivity contribution is 0.221. The van der Waals surface area contributed by atoms with Gasteiger partial charge < -0.3 is 0 Å². The quantitative estimate of drug-likeness (QED) is 0.598. The molecule has 1 saturated heterocycles. The fourth-order valence-corrected chi connectivity index (χ4v) is 1.65. The van der Waals surface area contributed by atoms with E-state index in [0.29, 0.717) is 6.61 Å². The molecule has 0 bridgehead atoms. The molecule has 0 amide bonds. The van der Waals surface area contributed by atoms with Crippen LogP contribution in [0.5, 0.6) is 0 Å². The maximum absolute atomic E-state index is 10.5. The Bertz CT molecular complexity index is 126. The third-order valence-corrected chi connectivity index (χ3v) is 2.31. The van der Waals surface area contributed by atoms with Crippen molar-refractivity contribution < 1.29 is 13.6 Å². The van der Waals surface area contributed by atoms with Gasteiger partial charge in [0.05, 0.1) is 0 Å². The van der Waals surface area contributed by atoms with Gasteiger partial charge in [0, 0.05) is 4.57 Å². The molecule has 2 atom stereocenters. The average molecular weight is 163 g/mol. The normalized spacial score (nSPS) is 29.3. The second-order valence-corrected chi connectivity index (χ2v) is 3.31. The third-order valence-electron chi connectivity index (χ3n) is 1.48. The largest absolute Gasteiger partial charge is 0.697 e. The van der Waals surface area contributed by atoms with Crippen LogP contribution in [0.1, 0.15) is 26.2 Å². The van der Waals surface area contributed by atoms with E-state index in [9.17, 15) is 4.57 Å². The van der Waals surface area contributed by atoms with Crippen LogP contribution in [0.4, 0.5) is 0 Å². The van der Waals surface area contributed by atoms with Gasteiger partial charge in [-0.25, -0.2) is 0 Å². The molecule has 0 radical (unpaired) electrons. The first kappa shape index (κ1) is 8.12. The number of hydrogen-bond donors (Lipinski definition) is 0. The first-order chi connectivity index (χ1) is 4.83. The molecule has 1 aliphatic heterocycles. The first-order valence-electron chi connectivity index (χ1n) is 3.60. The summed E-state index contributed by atoms with van der Waals surface area (Å²) in [6.45, 7) is 2.63. The highest BCUT2D eigenvalue weighted by atomic mass is 31.1. The van der Waals surface area contributed by atoms with Crippen molar-refractivity contribution in [2.24, 2.45) is 0 Å². The third kappa shape index (κ3) is 2.33. The smallest absolute Gasteiger partial charge is 0.116 e. The molecule has 1 rings (SSSR count). The highest BCUT2D eigenvalue weighted by molar-refractivity contribution is 7.33. The van der Waals surface area contributed by atoms with Crippen molar-refractivity contribution in [3.63, 3.8) is 0 Å². The fraction of sp³-hybridized carbons (Fsp3) is 1.00. The predicted octanol–water partition coefficient (Wildman–Crippen LogP) is 2.25. The number of rotatable bonds is 3. The summed E-state index contributed by atoms with van der Waals surface area (Å²) >= 11 is 0. The molecule has 10 heavy (non-hydrogen) atoms. The van der Waals surface area contributed by atoms with Crippen LogP contribution in [0, 0.1) is 0 Å². The van der Waals surface area contributed by atoms with Crippen molar-refractivity contribution in [3.05, 3.63) is 0 Å². The lowest BCUT2D eigenvalue weighted by atomic mass is 10.2. The van der Waals surface area contributed by atoms with E-state index < -0.39 is 8.25 Å². The lowest BCUT2D eigenvalue weighted by Crippen LogP contribution is -2.07. The van der Waals surface area contributed by atoms with Gasteiger partial charge in [-0.3, -0.25) is 0 Å². The molecule has 0 saturated carbocycles. The van der Waals surface area contributed by atoms with Crippen LogP contribution in [0.2, 0.25) is 0 Å². The molecule has 58 valence electrons. The Kier molecular flexibility index (Phi) is 3.26. The summed E-state index contributed by atoms with van der Waals surface area (Å²) in [6, 6.07) is 0. The van der Waals surface area contributed by atoms with Crippen LogP contribution in [-0.2, 0) is 13.6 Å². The Balaban J connectivity index is 2.12. The molecule has 1 heterocycles. The monoisotopic (exact) mass is 163 g/mol. The standard InChI is InChI=1S/C6H12O3P/c1-2-3-4-6-5-8-10(7)9-6/h6H,2-5H2,1H3/q+1. The second-order valence-electron chi connectivity index (χ2n) is 2.39. The van der Waals surface area contributed by atoms with Crippen LogP contribution >= 0.6 is 8.25 Å². The molecular formula is C6H12O3P+. The Morgan fingerprint density at radius 1 is 1.70 bits per heavy atom. The van der Waals surface area contributed by atoms with Gasteiger partial charge in [-0.2, -0.15) is 0 Å². The van der Waals surface area contributed by atoms with Crippen molar-refractivity contribution in [3.8, 4) is 0 Å². The van der Waals surface area contributed by atoms with Crippen LogP contribution in [0.3, 0.4) is 0 Å². The first-order valence-corrected chi connectivity index (χ1v) is 4.69. The minimum Gasteiger partial charge on any atom is -0.116 e. The Hall–Kier alpha value is 0.0200. The molecule has 2 unspecified atom stereocenters. The van der Waals surface area contributed by atoms with E-state index in [4.69, 9.17) is 9.05 Å². The highest BCUT2D eigenvalue weighted by Crippen LogP contribution is 2.34. The lowest BCUT2D eigenvalue weighted by Gasteiger charge is -1.97. The van der Waals surface area contributed by atoms with Gasteiger partial charge in [-0.15, -0.1) is 9.05 Å². The highest BCUT2D eigenvalue weighted by Gasteiger charge is 2.36. The van der Waals surface area contributed by atoms with Crippen LogP contribution in [0.15, 0.2) is 0 Å². The molecule has 0 spiro atoms. The van der Waals surface area contributed by atoms with Gasteiger partial charge in [0.15, 0.2) is 0 Å². The fourth-order valence-electron chi connectivity index (χ4n) is 0.894. The summed E-state index contributed by atoms with van der Waals surface area (Å²) in [5.41, 5.74) is 0. The Labute approximate surface area is 61.7 Å². The zero-order chi connectivity index (χ0) is 7.40. The SMILES string of the molecule is CCCCC1CO[P+](=O)O1. The predicted molar refractivity (Wildman–Crippen MR) is 38.0 cm³/mol. The van der Waals surface area contributed by atoms with Gasteiger partial charge in [-0.05, 0) is 6.42 Å². The number of unbranched alkanes of at least 4 members (excludes halogenated alkanes) is 1. The molecule has 0 aromatic heterocycles. The van der Waals surface area contributed by atoms with Crippen LogP contribution in [0.25, 0.3) is 0 Å². The molecule has 0 aromatic rings. The maximum atomic E-state index is 10.5. The summed E-state index contributed by atoms with van der Waals surface area (Å²) in [7, 11) is -1.77. The minimum absolute atomic E-state index is 0.0866. The van der Waals surface area contributed by atoms with Gasteiger partial charge in [-0.1, -0.05) is 19.8 Å². The minimum atomic E-state index is -1.77. The zero-order valence-electron chi connectivity index (χ0n) is 6.08. The van der Waals surface area contributed by atoms with Gasteiger partial charge in [0.1, 0.15) is 12.7 Å². The summed E-state index contributed by atoms with van der Waals surface area (Å²) in [5, 5.41) is 0. The van der Waals surface area contributed by atoms with E-state index in [1.165, 1.54) is 0 Å². The second kappa shape index (κ2) is 4.02. The summed E-state index contributed by atoms with van der Waals surface area (Å²) in [6.07, 6.45) is 3.33. The van der Waals surface area contributed by atoms with Crippen LogP contribution < -0.4 is 0 Å². The number of hydrogen-bond acceptors (Lipinski definition) is 3. The molecule has 3 nitrogen and oxygen atoms in total. The maximum Gasteiger partial charge on any atom is 0.697 e. The van der Waals surface area contributed by atoms with E-state index in [1.54, 1.807) is 0 Å². The average Bonchev–Trinajstić information content (AvgIpc) is 2.31. The summed E-state index contributed by atoms with van der Waals surface area (Å²) in [4.78, 5) is 0. The zero-order valence-corrected chi connectivity index (χ0v) is 6.97. The summed E-state index contributed by atoms with van der Waals surface area (Å²) in [5.74, 6) is 0. The van der Waals surface area contributed by atoms with Gasteiger partial charge in [0.25, 0.3) is 0 Å². The summed E-state index contributed by atoms with van der Waals surface area (Å²) < 4.78 is 20.2. The Morgan fingerprint density at radius 2 is 2.50 bits per heavy atom.